The zero-order valence-corrected chi connectivity index (χ0v) is 15.5. The van der Waals surface area contributed by atoms with Crippen LogP contribution in [0.3, 0.4) is 0 Å². The Labute approximate surface area is 160 Å². The molecule has 0 fully saturated rings. The summed E-state index contributed by atoms with van der Waals surface area (Å²) in [5, 5.41) is 5.70. The second-order valence-corrected chi connectivity index (χ2v) is 6.08. The lowest BCUT2D eigenvalue weighted by Crippen LogP contribution is -2.27. The minimum Gasteiger partial charge on any atom is -0.497 e. The highest BCUT2D eigenvalue weighted by Gasteiger charge is 2.12. The first kappa shape index (κ1) is 19.1. The standard InChI is InChI=1S/C20H20N4O4/c1-3-17(25)22-13-7-8-16-15(10-13)19(26)24-18(23-16)20(27)21-11-12-5-4-6-14(9-12)28-2/h4-10H,3,11H2,1-2H3,(H,21,27)(H,22,25)(H,23,24,26). The van der Waals surface area contributed by atoms with Crippen molar-refractivity contribution in [2.75, 3.05) is 12.4 Å². The Morgan fingerprint density at radius 1 is 1.18 bits per heavy atom. The summed E-state index contributed by atoms with van der Waals surface area (Å²) in [4.78, 5) is 43.0. The van der Waals surface area contributed by atoms with Crippen molar-refractivity contribution in [3.8, 4) is 5.75 Å². The maximum atomic E-state index is 12.4. The van der Waals surface area contributed by atoms with Crippen molar-refractivity contribution in [1.82, 2.24) is 15.3 Å². The fourth-order valence-electron chi connectivity index (χ4n) is 2.62. The molecule has 0 bridgehead atoms. The Morgan fingerprint density at radius 3 is 2.75 bits per heavy atom. The number of fused-ring (bicyclic) bond motifs is 1. The molecular weight excluding hydrogens is 360 g/mol. The third kappa shape index (κ3) is 4.35. The van der Waals surface area contributed by atoms with Crippen molar-refractivity contribution in [2.45, 2.75) is 19.9 Å². The monoisotopic (exact) mass is 380 g/mol. The maximum Gasteiger partial charge on any atom is 0.287 e. The fraction of sp³-hybridized carbons (Fsp3) is 0.200. The normalized spacial score (nSPS) is 10.5. The molecule has 3 aromatic rings. The van der Waals surface area contributed by atoms with Crippen LogP contribution < -0.4 is 20.9 Å². The number of amides is 2. The van der Waals surface area contributed by atoms with E-state index >= 15 is 0 Å². The number of hydrogen-bond donors (Lipinski definition) is 3. The van der Waals surface area contributed by atoms with E-state index in [-0.39, 0.29) is 18.3 Å². The van der Waals surface area contributed by atoms with E-state index in [0.29, 0.717) is 28.8 Å². The van der Waals surface area contributed by atoms with E-state index in [1.54, 1.807) is 26.2 Å². The summed E-state index contributed by atoms with van der Waals surface area (Å²) in [5.74, 6) is -0.0387. The molecule has 0 spiro atoms. The molecule has 0 saturated carbocycles. The second kappa shape index (κ2) is 8.34. The molecule has 0 atom stereocenters. The number of methoxy groups -OCH3 is 1. The van der Waals surface area contributed by atoms with Crippen molar-refractivity contribution in [3.63, 3.8) is 0 Å². The van der Waals surface area contributed by atoms with Crippen molar-refractivity contribution in [1.29, 1.82) is 0 Å². The second-order valence-electron chi connectivity index (χ2n) is 6.08. The summed E-state index contributed by atoms with van der Waals surface area (Å²) >= 11 is 0. The van der Waals surface area contributed by atoms with Gasteiger partial charge in [-0.2, -0.15) is 0 Å². The minimum atomic E-state index is -0.495. The van der Waals surface area contributed by atoms with Crippen molar-refractivity contribution in [2.24, 2.45) is 0 Å². The molecule has 1 aromatic heterocycles. The van der Waals surface area contributed by atoms with Crippen LogP contribution in [0.2, 0.25) is 0 Å². The highest BCUT2D eigenvalue weighted by Crippen LogP contribution is 2.15. The predicted molar refractivity (Wildman–Crippen MR) is 105 cm³/mol. The van der Waals surface area contributed by atoms with E-state index < -0.39 is 11.5 Å². The summed E-state index contributed by atoms with van der Waals surface area (Å²) in [6.45, 7) is 2.00. The van der Waals surface area contributed by atoms with E-state index in [4.69, 9.17) is 4.74 Å². The lowest BCUT2D eigenvalue weighted by Gasteiger charge is -2.08. The number of nitrogens with one attached hydrogen (secondary N) is 3. The third-order valence-corrected chi connectivity index (χ3v) is 4.11. The van der Waals surface area contributed by atoms with E-state index in [9.17, 15) is 14.4 Å². The Kier molecular flexibility index (Phi) is 5.69. The quantitative estimate of drug-likeness (QED) is 0.607. The van der Waals surface area contributed by atoms with Crippen LogP contribution in [0, 0.1) is 0 Å². The molecule has 0 aliphatic carbocycles. The van der Waals surface area contributed by atoms with Gasteiger partial charge in [-0.1, -0.05) is 19.1 Å². The van der Waals surface area contributed by atoms with Crippen LogP contribution in [0.4, 0.5) is 5.69 Å². The summed E-state index contributed by atoms with van der Waals surface area (Å²) < 4.78 is 5.15. The van der Waals surface area contributed by atoms with Gasteiger partial charge in [-0.05, 0) is 35.9 Å². The lowest BCUT2D eigenvalue weighted by molar-refractivity contribution is -0.115. The molecule has 144 valence electrons. The number of H-pyrrole nitrogens is 1. The van der Waals surface area contributed by atoms with Crippen molar-refractivity contribution in [3.05, 3.63) is 64.2 Å². The van der Waals surface area contributed by atoms with Crippen molar-refractivity contribution < 1.29 is 14.3 Å². The van der Waals surface area contributed by atoms with Gasteiger partial charge in [-0.25, -0.2) is 4.98 Å². The average Bonchev–Trinajstić information content (AvgIpc) is 2.72. The summed E-state index contributed by atoms with van der Waals surface area (Å²) in [6, 6.07) is 12.1. The number of carbonyl (C=O) groups is 2. The Balaban J connectivity index is 1.79. The number of rotatable bonds is 6. The molecule has 0 radical (unpaired) electrons. The highest BCUT2D eigenvalue weighted by molar-refractivity contribution is 5.95. The molecule has 2 amide bonds. The number of anilines is 1. The maximum absolute atomic E-state index is 12.4. The van der Waals surface area contributed by atoms with Crippen LogP contribution in [-0.2, 0) is 11.3 Å². The molecule has 0 unspecified atom stereocenters. The van der Waals surface area contributed by atoms with Gasteiger partial charge in [-0.3, -0.25) is 14.4 Å². The molecule has 0 aliphatic heterocycles. The summed E-state index contributed by atoms with van der Waals surface area (Å²) in [7, 11) is 1.57. The topological polar surface area (TPSA) is 113 Å². The molecule has 8 heteroatoms. The molecule has 1 heterocycles. The van der Waals surface area contributed by atoms with Gasteiger partial charge in [0, 0.05) is 18.7 Å². The van der Waals surface area contributed by atoms with Crippen LogP contribution in [0.15, 0.2) is 47.3 Å². The smallest absolute Gasteiger partial charge is 0.287 e. The zero-order valence-electron chi connectivity index (χ0n) is 15.5. The van der Waals surface area contributed by atoms with Crippen molar-refractivity contribution >= 4 is 28.4 Å². The van der Waals surface area contributed by atoms with Crippen LogP contribution in [0.5, 0.6) is 5.75 Å². The van der Waals surface area contributed by atoms with Gasteiger partial charge in [0.05, 0.1) is 18.0 Å². The van der Waals surface area contributed by atoms with Gasteiger partial charge in [0.15, 0.2) is 5.82 Å². The Hall–Kier alpha value is -3.68. The molecule has 8 nitrogen and oxygen atoms in total. The van der Waals surface area contributed by atoms with E-state index in [0.717, 1.165) is 5.56 Å². The first-order valence-electron chi connectivity index (χ1n) is 8.75. The van der Waals surface area contributed by atoms with E-state index in [2.05, 4.69) is 20.6 Å². The molecule has 0 aliphatic rings. The molecule has 0 saturated heterocycles. The molecular formula is C20H20N4O4. The third-order valence-electron chi connectivity index (χ3n) is 4.11. The number of aromatic nitrogens is 2. The predicted octanol–water partition coefficient (Wildman–Crippen LogP) is 2.21. The van der Waals surface area contributed by atoms with E-state index in [1.165, 1.54) is 6.07 Å². The molecule has 28 heavy (non-hydrogen) atoms. The lowest BCUT2D eigenvalue weighted by atomic mass is 10.2. The van der Waals surface area contributed by atoms with Gasteiger partial charge >= 0.3 is 0 Å². The number of ether oxygens (including phenoxy) is 1. The zero-order chi connectivity index (χ0) is 20.1. The van der Waals surface area contributed by atoms with Crippen LogP contribution in [0.1, 0.15) is 29.5 Å². The largest absolute Gasteiger partial charge is 0.497 e. The van der Waals surface area contributed by atoms with Gasteiger partial charge in [0.25, 0.3) is 11.5 Å². The molecule has 3 N–H and O–H groups in total. The van der Waals surface area contributed by atoms with Gasteiger partial charge in [-0.15, -0.1) is 0 Å². The Morgan fingerprint density at radius 2 is 2.00 bits per heavy atom. The highest BCUT2D eigenvalue weighted by atomic mass is 16.5. The number of carbonyl (C=O) groups excluding carboxylic acids is 2. The SMILES string of the molecule is CCC(=O)Nc1ccc2nc(C(=O)NCc3cccc(OC)c3)[nH]c(=O)c2c1. The Bertz CT molecular complexity index is 1090. The number of hydrogen-bond acceptors (Lipinski definition) is 5. The summed E-state index contributed by atoms with van der Waals surface area (Å²) in [6.07, 6.45) is 0.332. The molecule has 3 rings (SSSR count). The van der Waals surface area contributed by atoms with E-state index in [1.807, 2.05) is 24.3 Å². The summed E-state index contributed by atoms with van der Waals surface area (Å²) in [5.41, 5.74) is 1.27. The van der Waals surface area contributed by atoms with Gasteiger partial charge in [0.2, 0.25) is 5.91 Å². The fourth-order valence-corrected chi connectivity index (χ4v) is 2.62. The van der Waals surface area contributed by atoms with Crippen LogP contribution >= 0.6 is 0 Å². The first-order chi connectivity index (χ1) is 13.5. The minimum absolute atomic E-state index is 0.0780. The molecule has 2 aromatic carbocycles. The number of nitrogens with zero attached hydrogens (tertiary/aromatic N) is 1. The van der Waals surface area contributed by atoms with Crippen LogP contribution in [-0.4, -0.2) is 28.9 Å². The number of aromatic amines is 1. The number of benzene rings is 2. The van der Waals surface area contributed by atoms with Gasteiger partial charge in [0.1, 0.15) is 5.75 Å². The van der Waals surface area contributed by atoms with Crippen LogP contribution in [0.25, 0.3) is 10.9 Å². The van der Waals surface area contributed by atoms with Gasteiger partial charge < -0.3 is 20.4 Å². The average molecular weight is 380 g/mol. The first-order valence-corrected chi connectivity index (χ1v) is 8.75.